The molecule has 0 amide bonds. The number of hydrogen-bond donors (Lipinski definition) is 1. The third-order valence-electron chi connectivity index (χ3n) is 6.99. The smallest absolute Gasteiger partial charge is 0.306 e. The molecule has 0 aromatic heterocycles. The summed E-state index contributed by atoms with van der Waals surface area (Å²) in [5, 5.41) is 10.8. The molecule has 0 saturated carbocycles. The lowest BCUT2D eigenvalue weighted by Gasteiger charge is -2.27. The third-order valence-corrected chi connectivity index (χ3v) is 6.99. The number of carbonyl (C=O) groups excluding carboxylic acids is 1. The van der Waals surface area contributed by atoms with Crippen molar-refractivity contribution in [1.29, 1.82) is 0 Å². The van der Waals surface area contributed by atoms with Crippen molar-refractivity contribution in [2.75, 3.05) is 26.3 Å². The quantitative estimate of drug-likeness (QED) is 0.337. The minimum absolute atomic E-state index is 0.158. The second-order valence-corrected chi connectivity index (χ2v) is 10.1. The van der Waals surface area contributed by atoms with Crippen molar-refractivity contribution in [3.8, 4) is 0 Å². The molecule has 0 unspecified atom stereocenters. The highest BCUT2D eigenvalue weighted by molar-refractivity contribution is 5.69. The molecule has 2 aromatic rings. The van der Waals surface area contributed by atoms with Crippen LogP contribution in [-0.4, -0.2) is 54.4 Å². The van der Waals surface area contributed by atoms with E-state index in [-0.39, 0.29) is 24.5 Å². The van der Waals surface area contributed by atoms with Gasteiger partial charge in [-0.2, -0.15) is 0 Å². The van der Waals surface area contributed by atoms with Crippen LogP contribution >= 0.6 is 0 Å². The second-order valence-electron chi connectivity index (χ2n) is 10.1. The van der Waals surface area contributed by atoms with E-state index in [2.05, 4.69) is 23.1 Å². The lowest BCUT2D eigenvalue weighted by atomic mass is 9.99. The fourth-order valence-electron chi connectivity index (χ4n) is 4.91. The highest BCUT2D eigenvalue weighted by Crippen LogP contribution is 2.26. The van der Waals surface area contributed by atoms with Crippen molar-refractivity contribution in [2.45, 2.75) is 78.0 Å². The van der Waals surface area contributed by atoms with Crippen molar-refractivity contribution < 1.29 is 23.8 Å². The second kappa shape index (κ2) is 14.4. The van der Waals surface area contributed by atoms with E-state index < -0.39 is 6.10 Å². The standard InChI is InChI=1S/C31H42FNO4/c1-5-36-31(35)11-7-6-9-26-15-12-22(2)17-29(26)24(4)37-21-28(34)20-33-16-8-10-27(33)18-25-14-13-23(3)30(32)19-25/h6,9,12-15,17,19,24,27-28,34H,5,7-8,10-11,16,18,20-21H2,1-4H3/t24-,27+,28-/m1/s1. The number of nitrogens with zero attached hydrogens (tertiary/aromatic N) is 1. The molecule has 5 nitrogen and oxygen atoms in total. The Morgan fingerprint density at radius 2 is 2.05 bits per heavy atom. The molecule has 2 aromatic carbocycles. The molecule has 1 heterocycles. The van der Waals surface area contributed by atoms with Gasteiger partial charge in [-0.15, -0.1) is 0 Å². The van der Waals surface area contributed by atoms with E-state index in [4.69, 9.17) is 9.47 Å². The Balaban J connectivity index is 1.52. The van der Waals surface area contributed by atoms with E-state index in [1.54, 1.807) is 13.0 Å². The molecule has 0 bridgehead atoms. The van der Waals surface area contributed by atoms with Crippen LogP contribution in [0.2, 0.25) is 0 Å². The molecule has 202 valence electrons. The van der Waals surface area contributed by atoms with Crippen LogP contribution in [0, 0.1) is 19.7 Å². The van der Waals surface area contributed by atoms with Crippen LogP contribution in [0.3, 0.4) is 0 Å². The van der Waals surface area contributed by atoms with Gasteiger partial charge in [-0.3, -0.25) is 9.69 Å². The van der Waals surface area contributed by atoms with E-state index in [0.29, 0.717) is 37.6 Å². The first-order valence-corrected chi connectivity index (χ1v) is 13.5. The number of rotatable bonds is 13. The molecule has 0 aliphatic carbocycles. The number of allylic oxidation sites excluding steroid dienone is 1. The summed E-state index contributed by atoms with van der Waals surface area (Å²) >= 11 is 0. The number of hydrogen-bond acceptors (Lipinski definition) is 5. The number of halogens is 1. The average molecular weight is 512 g/mol. The van der Waals surface area contributed by atoms with Crippen molar-refractivity contribution in [3.63, 3.8) is 0 Å². The van der Waals surface area contributed by atoms with Crippen molar-refractivity contribution >= 4 is 12.0 Å². The summed E-state index contributed by atoms with van der Waals surface area (Å²) in [5.41, 5.74) is 4.91. The summed E-state index contributed by atoms with van der Waals surface area (Å²) in [4.78, 5) is 13.9. The maximum Gasteiger partial charge on any atom is 0.306 e. The van der Waals surface area contributed by atoms with Gasteiger partial charge in [0.05, 0.1) is 25.4 Å². The molecule has 1 saturated heterocycles. The van der Waals surface area contributed by atoms with Gasteiger partial charge in [0.1, 0.15) is 5.82 Å². The summed E-state index contributed by atoms with van der Waals surface area (Å²) in [6, 6.07) is 12.0. The zero-order valence-corrected chi connectivity index (χ0v) is 22.7. The van der Waals surface area contributed by atoms with E-state index >= 15 is 0 Å². The van der Waals surface area contributed by atoms with Crippen LogP contribution in [-0.2, 0) is 20.7 Å². The van der Waals surface area contributed by atoms with Crippen LogP contribution in [0.1, 0.15) is 73.5 Å². The number of aliphatic hydroxyl groups excluding tert-OH is 1. The Morgan fingerprint density at radius 1 is 1.24 bits per heavy atom. The lowest BCUT2D eigenvalue weighted by Crippen LogP contribution is -2.39. The van der Waals surface area contributed by atoms with Crippen LogP contribution in [0.25, 0.3) is 6.08 Å². The lowest BCUT2D eigenvalue weighted by molar-refractivity contribution is -0.142. The maximum atomic E-state index is 14.0. The molecule has 1 aliphatic heterocycles. The number of carbonyl (C=O) groups is 1. The van der Waals surface area contributed by atoms with Crippen LogP contribution < -0.4 is 0 Å². The molecule has 1 fully saturated rings. The van der Waals surface area contributed by atoms with Crippen LogP contribution in [0.5, 0.6) is 0 Å². The first kappa shape index (κ1) is 29.0. The summed E-state index contributed by atoms with van der Waals surface area (Å²) < 4.78 is 25.1. The van der Waals surface area contributed by atoms with Gasteiger partial charge in [-0.25, -0.2) is 4.39 Å². The summed E-state index contributed by atoms with van der Waals surface area (Å²) in [6.07, 6.45) is 7.11. The molecule has 37 heavy (non-hydrogen) atoms. The van der Waals surface area contributed by atoms with Gasteiger partial charge in [-0.1, -0.05) is 48.0 Å². The third kappa shape index (κ3) is 9.06. The Labute approximate surface area is 221 Å². The number of ether oxygens (including phenoxy) is 2. The highest BCUT2D eigenvalue weighted by Gasteiger charge is 2.27. The number of esters is 1. The van der Waals surface area contributed by atoms with E-state index in [1.807, 2.05) is 45.1 Å². The number of aliphatic hydroxyl groups is 1. The Bertz CT molecular complexity index is 1050. The van der Waals surface area contributed by atoms with Gasteiger partial charge < -0.3 is 14.6 Å². The monoisotopic (exact) mass is 511 g/mol. The predicted octanol–water partition coefficient (Wildman–Crippen LogP) is 5.94. The van der Waals surface area contributed by atoms with Gasteiger partial charge in [0.2, 0.25) is 0 Å². The Kier molecular flexibility index (Phi) is 11.3. The minimum Gasteiger partial charge on any atom is -0.466 e. The number of likely N-dealkylation sites (tertiary alicyclic amines) is 1. The van der Waals surface area contributed by atoms with E-state index in [9.17, 15) is 14.3 Å². The van der Waals surface area contributed by atoms with E-state index in [0.717, 1.165) is 48.1 Å². The number of β-amino-alcohol motifs (C(OH)–C–C–N with tert-alkyl or cyclic N) is 1. The summed E-state index contributed by atoms with van der Waals surface area (Å²) in [7, 11) is 0. The number of benzene rings is 2. The maximum absolute atomic E-state index is 14.0. The molecule has 3 atom stereocenters. The van der Waals surface area contributed by atoms with Crippen LogP contribution in [0.15, 0.2) is 42.5 Å². The van der Waals surface area contributed by atoms with Gasteiger partial charge in [0.15, 0.2) is 0 Å². The first-order valence-electron chi connectivity index (χ1n) is 13.5. The molecule has 1 N–H and O–H groups in total. The molecule has 0 radical (unpaired) electrons. The van der Waals surface area contributed by atoms with Crippen molar-refractivity contribution in [1.82, 2.24) is 4.90 Å². The molecule has 6 heteroatoms. The fourth-order valence-corrected chi connectivity index (χ4v) is 4.91. The fraction of sp³-hybridized carbons (Fsp3) is 0.516. The van der Waals surface area contributed by atoms with Crippen LogP contribution in [0.4, 0.5) is 4.39 Å². The predicted molar refractivity (Wildman–Crippen MR) is 146 cm³/mol. The molecule has 0 spiro atoms. The summed E-state index contributed by atoms with van der Waals surface area (Å²) in [5.74, 6) is -0.345. The van der Waals surface area contributed by atoms with Crippen molar-refractivity contribution in [2.24, 2.45) is 0 Å². The average Bonchev–Trinajstić information content (AvgIpc) is 3.29. The SMILES string of the molecule is CCOC(=O)CCC=Cc1ccc(C)cc1[C@@H](C)OC[C@H](O)CN1CCC[C@H]1Cc1ccc(C)c(F)c1. The highest BCUT2D eigenvalue weighted by atomic mass is 19.1. The van der Waals surface area contributed by atoms with Gasteiger partial charge in [-0.05, 0) is 88.2 Å². The van der Waals surface area contributed by atoms with E-state index in [1.165, 1.54) is 0 Å². The summed E-state index contributed by atoms with van der Waals surface area (Å²) in [6.45, 7) is 9.75. The molecular formula is C31H42FNO4. The zero-order valence-electron chi connectivity index (χ0n) is 22.7. The molecule has 1 aliphatic rings. The molecule has 3 rings (SSSR count). The zero-order chi connectivity index (χ0) is 26.8. The minimum atomic E-state index is -0.605. The molecular weight excluding hydrogens is 469 g/mol. The first-order chi connectivity index (χ1) is 17.8. The topological polar surface area (TPSA) is 59.0 Å². The van der Waals surface area contributed by atoms with Crippen molar-refractivity contribution in [3.05, 3.63) is 76.1 Å². The van der Waals surface area contributed by atoms with Gasteiger partial charge in [0, 0.05) is 19.0 Å². The normalized spacial score (nSPS) is 17.8. The Hall–Kier alpha value is -2.54. The Morgan fingerprint density at radius 3 is 2.81 bits per heavy atom. The van der Waals surface area contributed by atoms with Gasteiger partial charge in [0.25, 0.3) is 0 Å². The van der Waals surface area contributed by atoms with Gasteiger partial charge >= 0.3 is 5.97 Å². The largest absolute Gasteiger partial charge is 0.466 e. The number of aryl methyl sites for hydroxylation is 2.